The molecule has 0 heterocycles. The highest BCUT2D eigenvalue weighted by Gasteiger charge is 2.00. The van der Waals surface area contributed by atoms with Crippen LogP contribution in [0.15, 0.2) is 24.3 Å². The zero-order valence-electron chi connectivity index (χ0n) is 7.83. The van der Waals surface area contributed by atoms with E-state index >= 15 is 0 Å². The van der Waals surface area contributed by atoms with Gasteiger partial charge in [-0.1, -0.05) is 12.1 Å². The lowest BCUT2D eigenvalue weighted by atomic mass is 10.2. The summed E-state index contributed by atoms with van der Waals surface area (Å²) in [4.78, 5) is 11.0. The summed E-state index contributed by atoms with van der Waals surface area (Å²) >= 11 is 0. The van der Waals surface area contributed by atoms with Gasteiger partial charge in [-0.15, -0.1) is 0 Å². The molecule has 3 nitrogen and oxygen atoms in total. The average molecular weight is 179 g/mol. The topological polar surface area (TPSA) is 38.3 Å². The number of anilines is 1. The van der Waals surface area contributed by atoms with Gasteiger partial charge in [0.2, 0.25) is 0 Å². The third-order valence-corrected chi connectivity index (χ3v) is 1.54. The maximum absolute atomic E-state index is 11.0. The maximum Gasteiger partial charge on any atom is 0.411 e. The van der Waals surface area contributed by atoms with Gasteiger partial charge in [-0.25, -0.2) is 4.79 Å². The van der Waals surface area contributed by atoms with Gasteiger partial charge in [-0.3, -0.25) is 5.32 Å². The van der Waals surface area contributed by atoms with Gasteiger partial charge in [-0.05, 0) is 31.5 Å². The minimum absolute atomic E-state index is 0.387. The van der Waals surface area contributed by atoms with E-state index in [0.29, 0.717) is 6.61 Å². The Kier molecular flexibility index (Phi) is 3.31. The summed E-state index contributed by atoms with van der Waals surface area (Å²) in [7, 11) is 0. The van der Waals surface area contributed by atoms with Crippen LogP contribution in [0.3, 0.4) is 0 Å². The molecule has 1 rings (SSSR count). The van der Waals surface area contributed by atoms with Gasteiger partial charge in [0, 0.05) is 5.69 Å². The number of benzene rings is 1. The molecule has 1 aromatic rings. The number of hydrogen-bond donors (Lipinski definition) is 1. The van der Waals surface area contributed by atoms with Crippen molar-refractivity contribution >= 4 is 11.8 Å². The molecule has 70 valence electrons. The SMILES string of the molecule is CCOC(=O)Nc1cccc(C)c1. The number of carbonyl (C=O) groups is 1. The predicted molar refractivity (Wildman–Crippen MR) is 51.8 cm³/mol. The quantitative estimate of drug-likeness (QED) is 0.757. The van der Waals surface area contributed by atoms with Gasteiger partial charge in [0.15, 0.2) is 0 Å². The molecule has 3 heteroatoms. The van der Waals surface area contributed by atoms with E-state index in [2.05, 4.69) is 5.32 Å². The van der Waals surface area contributed by atoms with E-state index in [0.717, 1.165) is 11.3 Å². The molecule has 0 atom stereocenters. The van der Waals surface area contributed by atoms with Crippen LogP contribution < -0.4 is 5.32 Å². The molecule has 0 fully saturated rings. The van der Waals surface area contributed by atoms with Gasteiger partial charge >= 0.3 is 6.09 Å². The third kappa shape index (κ3) is 3.15. The lowest BCUT2D eigenvalue weighted by molar-refractivity contribution is 0.168. The lowest BCUT2D eigenvalue weighted by Crippen LogP contribution is -2.13. The Bertz CT molecular complexity index is 297. The Morgan fingerprint density at radius 2 is 2.31 bits per heavy atom. The Hall–Kier alpha value is -1.51. The number of aryl methyl sites for hydroxylation is 1. The molecule has 0 aliphatic carbocycles. The molecule has 0 aromatic heterocycles. The predicted octanol–water partition coefficient (Wildman–Crippen LogP) is 2.56. The Morgan fingerprint density at radius 1 is 1.54 bits per heavy atom. The van der Waals surface area contributed by atoms with E-state index < -0.39 is 6.09 Å². The van der Waals surface area contributed by atoms with Gasteiger partial charge in [0.05, 0.1) is 6.61 Å². The summed E-state index contributed by atoms with van der Waals surface area (Å²) in [5.41, 5.74) is 1.87. The fourth-order valence-corrected chi connectivity index (χ4v) is 1.01. The first-order valence-electron chi connectivity index (χ1n) is 4.23. The number of nitrogens with one attached hydrogen (secondary N) is 1. The van der Waals surface area contributed by atoms with Crippen molar-refractivity contribution in [1.29, 1.82) is 0 Å². The van der Waals surface area contributed by atoms with Crippen LogP contribution in [0.5, 0.6) is 0 Å². The van der Waals surface area contributed by atoms with Crippen molar-refractivity contribution in [2.75, 3.05) is 11.9 Å². The van der Waals surface area contributed by atoms with Crippen molar-refractivity contribution in [1.82, 2.24) is 0 Å². The summed E-state index contributed by atoms with van der Waals surface area (Å²) in [5, 5.41) is 2.62. The average Bonchev–Trinajstić information content (AvgIpc) is 2.04. The fraction of sp³-hybridized carbons (Fsp3) is 0.300. The van der Waals surface area contributed by atoms with Crippen LogP contribution in [-0.2, 0) is 4.74 Å². The molecule has 0 aliphatic rings. The molecule has 0 spiro atoms. The molecule has 0 bridgehead atoms. The lowest BCUT2D eigenvalue weighted by Gasteiger charge is -2.04. The van der Waals surface area contributed by atoms with Crippen molar-refractivity contribution in [2.45, 2.75) is 13.8 Å². The molecule has 0 saturated carbocycles. The van der Waals surface area contributed by atoms with Gasteiger partial charge in [0.25, 0.3) is 0 Å². The Morgan fingerprint density at radius 3 is 2.92 bits per heavy atom. The standard InChI is InChI=1S/C10H13NO2/c1-3-13-10(12)11-9-6-4-5-8(2)7-9/h4-7H,3H2,1-2H3,(H,11,12). The van der Waals surface area contributed by atoms with Crippen LogP contribution in [0.2, 0.25) is 0 Å². The third-order valence-electron chi connectivity index (χ3n) is 1.54. The minimum atomic E-state index is -0.409. The van der Waals surface area contributed by atoms with Crippen LogP contribution in [0.25, 0.3) is 0 Å². The van der Waals surface area contributed by atoms with E-state index in [4.69, 9.17) is 4.74 Å². The molecular formula is C10H13NO2. The first kappa shape index (κ1) is 9.58. The van der Waals surface area contributed by atoms with Gasteiger partial charge in [0.1, 0.15) is 0 Å². The minimum Gasteiger partial charge on any atom is -0.450 e. The molecule has 0 radical (unpaired) electrons. The summed E-state index contributed by atoms with van der Waals surface area (Å²) in [5.74, 6) is 0. The van der Waals surface area contributed by atoms with Crippen LogP contribution in [0.4, 0.5) is 10.5 Å². The summed E-state index contributed by atoms with van der Waals surface area (Å²) in [6.45, 7) is 4.13. The molecular weight excluding hydrogens is 166 g/mol. The number of carbonyl (C=O) groups excluding carboxylic acids is 1. The molecule has 1 N–H and O–H groups in total. The normalized spacial score (nSPS) is 9.38. The van der Waals surface area contributed by atoms with Crippen molar-refractivity contribution < 1.29 is 9.53 Å². The van der Waals surface area contributed by atoms with E-state index in [-0.39, 0.29) is 0 Å². The van der Waals surface area contributed by atoms with Gasteiger partial charge in [-0.2, -0.15) is 0 Å². The number of ether oxygens (including phenoxy) is 1. The molecule has 0 saturated heterocycles. The van der Waals surface area contributed by atoms with E-state index in [9.17, 15) is 4.79 Å². The van der Waals surface area contributed by atoms with Crippen LogP contribution >= 0.6 is 0 Å². The van der Waals surface area contributed by atoms with E-state index in [1.807, 2.05) is 31.2 Å². The molecule has 0 aliphatic heterocycles. The largest absolute Gasteiger partial charge is 0.450 e. The number of hydrogen-bond acceptors (Lipinski definition) is 2. The highest BCUT2D eigenvalue weighted by molar-refractivity contribution is 5.84. The first-order valence-corrected chi connectivity index (χ1v) is 4.23. The summed E-state index contributed by atoms with van der Waals surface area (Å²) in [6.07, 6.45) is -0.409. The Balaban J connectivity index is 2.58. The van der Waals surface area contributed by atoms with Crippen molar-refractivity contribution in [3.05, 3.63) is 29.8 Å². The number of rotatable bonds is 2. The molecule has 0 unspecified atom stereocenters. The molecule has 1 aromatic carbocycles. The maximum atomic E-state index is 11.0. The molecule has 1 amide bonds. The van der Waals surface area contributed by atoms with E-state index in [1.165, 1.54) is 0 Å². The second-order valence-corrected chi connectivity index (χ2v) is 2.71. The number of amides is 1. The Labute approximate surface area is 77.7 Å². The van der Waals surface area contributed by atoms with Crippen molar-refractivity contribution in [3.63, 3.8) is 0 Å². The highest BCUT2D eigenvalue weighted by atomic mass is 16.5. The zero-order chi connectivity index (χ0) is 9.68. The van der Waals surface area contributed by atoms with Gasteiger partial charge < -0.3 is 4.74 Å². The molecule has 13 heavy (non-hydrogen) atoms. The second-order valence-electron chi connectivity index (χ2n) is 2.71. The van der Waals surface area contributed by atoms with Crippen molar-refractivity contribution in [2.24, 2.45) is 0 Å². The summed E-state index contributed by atoms with van der Waals surface area (Å²) in [6, 6.07) is 7.56. The zero-order valence-corrected chi connectivity index (χ0v) is 7.83. The monoisotopic (exact) mass is 179 g/mol. The highest BCUT2D eigenvalue weighted by Crippen LogP contribution is 2.09. The van der Waals surface area contributed by atoms with Crippen LogP contribution in [0, 0.1) is 6.92 Å². The summed E-state index contributed by atoms with van der Waals surface area (Å²) < 4.78 is 4.74. The second kappa shape index (κ2) is 4.50. The van der Waals surface area contributed by atoms with Crippen molar-refractivity contribution in [3.8, 4) is 0 Å². The first-order chi connectivity index (χ1) is 6.22. The van der Waals surface area contributed by atoms with E-state index in [1.54, 1.807) is 6.92 Å². The fourth-order valence-electron chi connectivity index (χ4n) is 1.01. The van der Waals surface area contributed by atoms with Crippen LogP contribution in [0.1, 0.15) is 12.5 Å². The smallest absolute Gasteiger partial charge is 0.411 e. The van der Waals surface area contributed by atoms with Crippen LogP contribution in [-0.4, -0.2) is 12.7 Å².